The molecule has 25 heavy (non-hydrogen) atoms. The fourth-order valence-electron chi connectivity index (χ4n) is 2.19. The molecule has 0 fully saturated rings. The summed E-state index contributed by atoms with van der Waals surface area (Å²) in [6, 6.07) is 4.69. The van der Waals surface area contributed by atoms with Gasteiger partial charge in [0.15, 0.2) is 5.76 Å². The number of hydrogen-bond donors (Lipinski definition) is 3. The molecule has 2 rings (SSSR count). The van der Waals surface area contributed by atoms with Gasteiger partial charge in [0.25, 0.3) is 11.8 Å². The zero-order chi connectivity index (χ0) is 18.4. The maximum Gasteiger partial charge on any atom is 0.287 e. The number of rotatable bonds is 7. The molecule has 1 heterocycles. The number of nitrogen functional groups attached to an aromatic ring is 1. The number of hydrogen-bond acceptors (Lipinski definition) is 5. The van der Waals surface area contributed by atoms with Gasteiger partial charge in [0.1, 0.15) is 5.75 Å². The summed E-state index contributed by atoms with van der Waals surface area (Å²) in [5.41, 5.74) is 7.11. The average molecular weight is 366 g/mol. The molecule has 0 aliphatic carbocycles. The summed E-state index contributed by atoms with van der Waals surface area (Å²) >= 11 is 5.95. The van der Waals surface area contributed by atoms with Gasteiger partial charge in [0.05, 0.1) is 29.6 Å². The van der Waals surface area contributed by atoms with E-state index in [1.54, 1.807) is 13.0 Å². The minimum absolute atomic E-state index is 0.277. The van der Waals surface area contributed by atoms with Crippen LogP contribution in [0.5, 0.6) is 5.75 Å². The van der Waals surface area contributed by atoms with E-state index in [1.165, 1.54) is 25.5 Å². The minimum Gasteiger partial charge on any atom is -0.496 e. The van der Waals surface area contributed by atoms with Crippen molar-refractivity contribution in [1.82, 2.24) is 10.6 Å². The summed E-state index contributed by atoms with van der Waals surface area (Å²) in [7, 11) is 1.45. The van der Waals surface area contributed by atoms with Crippen LogP contribution in [-0.2, 0) is 0 Å². The van der Waals surface area contributed by atoms with Crippen LogP contribution in [0.3, 0.4) is 0 Å². The lowest BCUT2D eigenvalue weighted by atomic mass is 10.1. The van der Waals surface area contributed by atoms with Gasteiger partial charge in [-0.3, -0.25) is 9.59 Å². The molecule has 1 aromatic heterocycles. The normalized spacial score (nSPS) is 10.4. The summed E-state index contributed by atoms with van der Waals surface area (Å²) < 4.78 is 10.3. The Bertz CT molecular complexity index is 773. The first-order valence-corrected chi connectivity index (χ1v) is 8.05. The van der Waals surface area contributed by atoms with Gasteiger partial charge in [-0.05, 0) is 25.5 Å². The van der Waals surface area contributed by atoms with Crippen molar-refractivity contribution in [2.45, 2.75) is 13.3 Å². The molecule has 0 bridgehead atoms. The van der Waals surface area contributed by atoms with Crippen LogP contribution in [-0.4, -0.2) is 32.0 Å². The van der Waals surface area contributed by atoms with Crippen molar-refractivity contribution in [3.63, 3.8) is 0 Å². The van der Waals surface area contributed by atoms with Crippen LogP contribution in [0.2, 0.25) is 5.02 Å². The lowest BCUT2D eigenvalue weighted by molar-refractivity contribution is 0.0924. The van der Waals surface area contributed by atoms with Crippen LogP contribution < -0.4 is 21.1 Å². The summed E-state index contributed by atoms with van der Waals surface area (Å²) in [5.74, 6) is 0.0408. The zero-order valence-electron chi connectivity index (χ0n) is 14.0. The van der Waals surface area contributed by atoms with E-state index in [2.05, 4.69) is 10.6 Å². The van der Waals surface area contributed by atoms with E-state index in [0.717, 1.165) is 5.56 Å². The molecule has 8 heteroatoms. The van der Waals surface area contributed by atoms with Crippen LogP contribution >= 0.6 is 11.6 Å². The van der Waals surface area contributed by atoms with E-state index >= 15 is 0 Å². The van der Waals surface area contributed by atoms with Crippen LogP contribution in [0.4, 0.5) is 5.69 Å². The monoisotopic (exact) mass is 365 g/mol. The molecule has 0 atom stereocenters. The van der Waals surface area contributed by atoms with Gasteiger partial charge in [-0.25, -0.2) is 0 Å². The Kier molecular flexibility index (Phi) is 6.30. The third-order valence-corrected chi connectivity index (χ3v) is 3.88. The zero-order valence-corrected chi connectivity index (χ0v) is 14.8. The number of carbonyl (C=O) groups excluding carboxylic acids is 2. The quantitative estimate of drug-likeness (QED) is 0.516. The number of nitrogens with two attached hydrogens (primary N) is 1. The Balaban J connectivity index is 1.80. The average Bonchev–Trinajstić information content (AvgIpc) is 3.02. The number of furan rings is 1. The number of amides is 2. The van der Waals surface area contributed by atoms with E-state index in [9.17, 15) is 9.59 Å². The Hall–Kier alpha value is -2.67. The summed E-state index contributed by atoms with van der Waals surface area (Å²) in [4.78, 5) is 24.1. The topological polar surface area (TPSA) is 107 Å². The van der Waals surface area contributed by atoms with Crippen molar-refractivity contribution in [1.29, 1.82) is 0 Å². The fourth-order valence-corrected chi connectivity index (χ4v) is 2.35. The third-order valence-electron chi connectivity index (χ3n) is 3.56. The predicted octanol–water partition coefficient (Wildman–Crippen LogP) is 2.38. The van der Waals surface area contributed by atoms with Gasteiger partial charge >= 0.3 is 0 Å². The van der Waals surface area contributed by atoms with E-state index < -0.39 is 0 Å². The largest absolute Gasteiger partial charge is 0.496 e. The molecule has 0 aliphatic heterocycles. The first-order valence-electron chi connectivity index (χ1n) is 7.67. The molecule has 0 aliphatic rings. The molecule has 0 spiro atoms. The van der Waals surface area contributed by atoms with Crippen molar-refractivity contribution in [3.05, 3.63) is 46.4 Å². The maximum atomic E-state index is 12.2. The molecule has 2 amide bonds. The molecule has 1 aromatic carbocycles. The molecule has 2 aromatic rings. The number of aryl methyl sites for hydroxylation is 1. The van der Waals surface area contributed by atoms with Crippen molar-refractivity contribution >= 4 is 29.1 Å². The SMILES string of the molecule is COc1cc(N)c(Cl)cc1C(=O)NCCCNC(=O)c1occc1C. The van der Waals surface area contributed by atoms with Crippen molar-refractivity contribution in [2.24, 2.45) is 0 Å². The van der Waals surface area contributed by atoms with Crippen molar-refractivity contribution in [3.8, 4) is 5.75 Å². The number of anilines is 1. The predicted molar refractivity (Wildman–Crippen MR) is 95.1 cm³/mol. The molecular weight excluding hydrogens is 346 g/mol. The molecule has 0 saturated heterocycles. The highest BCUT2D eigenvalue weighted by Crippen LogP contribution is 2.28. The smallest absolute Gasteiger partial charge is 0.287 e. The van der Waals surface area contributed by atoms with E-state index in [0.29, 0.717) is 42.3 Å². The Morgan fingerprint density at radius 1 is 1.24 bits per heavy atom. The van der Waals surface area contributed by atoms with Crippen molar-refractivity contribution in [2.75, 3.05) is 25.9 Å². The highest BCUT2D eigenvalue weighted by molar-refractivity contribution is 6.33. The minimum atomic E-state index is -0.327. The molecule has 0 radical (unpaired) electrons. The lowest BCUT2D eigenvalue weighted by Crippen LogP contribution is -2.30. The summed E-state index contributed by atoms with van der Waals surface area (Å²) in [6.45, 7) is 2.57. The Morgan fingerprint density at radius 3 is 2.52 bits per heavy atom. The molecule has 7 nitrogen and oxygen atoms in total. The Labute approximate surface area is 150 Å². The third kappa shape index (κ3) is 4.67. The number of ether oxygens (including phenoxy) is 1. The number of halogens is 1. The highest BCUT2D eigenvalue weighted by Gasteiger charge is 2.15. The van der Waals surface area contributed by atoms with Crippen LogP contribution in [0.1, 0.15) is 32.9 Å². The van der Waals surface area contributed by atoms with E-state index in [-0.39, 0.29) is 16.8 Å². The summed E-state index contributed by atoms with van der Waals surface area (Å²) in [6.07, 6.45) is 2.03. The molecular formula is C17H20ClN3O4. The first kappa shape index (κ1) is 18.7. The van der Waals surface area contributed by atoms with E-state index in [1.807, 2.05) is 0 Å². The second-order valence-corrected chi connectivity index (χ2v) is 5.78. The van der Waals surface area contributed by atoms with Gasteiger partial charge in [-0.2, -0.15) is 0 Å². The number of benzene rings is 1. The lowest BCUT2D eigenvalue weighted by Gasteiger charge is -2.11. The highest BCUT2D eigenvalue weighted by atomic mass is 35.5. The number of nitrogens with one attached hydrogen (secondary N) is 2. The van der Waals surface area contributed by atoms with Gasteiger partial charge in [-0.15, -0.1) is 0 Å². The van der Waals surface area contributed by atoms with Gasteiger partial charge < -0.3 is 25.5 Å². The molecule has 0 saturated carbocycles. The van der Waals surface area contributed by atoms with Gasteiger partial charge in [0, 0.05) is 24.7 Å². The molecule has 0 unspecified atom stereocenters. The van der Waals surface area contributed by atoms with Gasteiger partial charge in [0.2, 0.25) is 0 Å². The van der Waals surface area contributed by atoms with Crippen LogP contribution in [0, 0.1) is 6.92 Å². The summed E-state index contributed by atoms with van der Waals surface area (Å²) in [5, 5.41) is 5.76. The van der Waals surface area contributed by atoms with E-state index in [4.69, 9.17) is 26.5 Å². The molecule has 134 valence electrons. The second-order valence-electron chi connectivity index (χ2n) is 5.37. The first-order chi connectivity index (χ1) is 11.9. The maximum absolute atomic E-state index is 12.2. The second kappa shape index (κ2) is 8.43. The number of carbonyl (C=O) groups is 2. The van der Waals surface area contributed by atoms with Crippen LogP contribution in [0.25, 0.3) is 0 Å². The standard InChI is InChI=1S/C17H20ClN3O4/c1-10-4-7-25-15(10)17(23)21-6-3-5-20-16(22)11-8-12(18)13(19)9-14(11)24-2/h4,7-9H,3,5-6,19H2,1-2H3,(H,20,22)(H,21,23). The van der Waals surface area contributed by atoms with Crippen LogP contribution in [0.15, 0.2) is 28.9 Å². The number of methoxy groups -OCH3 is 1. The molecule has 4 N–H and O–H groups in total. The van der Waals surface area contributed by atoms with Crippen molar-refractivity contribution < 1.29 is 18.7 Å². The van der Waals surface area contributed by atoms with Gasteiger partial charge in [-0.1, -0.05) is 11.6 Å². The Morgan fingerprint density at radius 2 is 1.92 bits per heavy atom. The fraction of sp³-hybridized carbons (Fsp3) is 0.294.